The standard InChI is InChI=1S/C17H17Cl2NO3S/c1-11-5-4-6-12(2)16(11)20(13(3)17(19)21)24(22,23)15-9-7-14(18)8-10-15/h4-10,13H,1-3H3. The molecule has 4 nitrogen and oxygen atoms in total. The number of carbonyl (C=O) groups is 1. The third kappa shape index (κ3) is 3.58. The van der Waals surface area contributed by atoms with Gasteiger partial charge in [0.2, 0.25) is 5.24 Å². The Bertz CT molecular complexity index is 844. The van der Waals surface area contributed by atoms with Crippen molar-refractivity contribution in [2.45, 2.75) is 31.7 Å². The molecule has 7 heteroatoms. The third-order valence-electron chi connectivity index (χ3n) is 3.71. The Hall–Kier alpha value is -1.56. The highest BCUT2D eigenvalue weighted by Gasteiger charge is 2.34. The van der Waals surface area contributed by atoms with Gasteiger partial charge in [-0.1, -0.05) is 29.8 Å². The van der Waals surface area contributed by atoms with Crippen molar-refractivity contribution in [1.82, 2.24) is 0 Å². The summed E-state index contributed by atoms with van der Waals surface area (Å²) in [6, 6.07) is 10.2. The molecular formula is C17H17Cl2NO3S. The Morgan fingerprint density at radius 3 is 2.00 bits per heavy atom. The van der Waals surface area contributed by atoms with Crippen LogP contribution in [-0.2, 0) is 14.8 Å². The molecule has 24 heavy (non-hydrogen) atoms. The van der Waals surface area contributed by atoms with E-state index in [4.69, 9.17) is 23.2 Å². The molecule has 0 fully saturated rings. The fourth-order valence-corrected chi connectivity index (χ4v) is 4.52. The van der Waals surface area contributed by atoms with Gasteiger partial charge in [-0.15, -0.1) is 0 Å². The van der Waals surface area contributed by atoms with Gasteiger partial charge in [0.1, 0.15) is 6.04 Å². The first kappa shape index (κ1) is 18.8. The molecule has 0 saturated carbocycles. The second-order valence-corrected chi connectivity index (χ2v) is 8.10. The Kier molecular flexibility index (Phi) is 5.58. The summed E-state index contributed by atoms with van der Waals surface area (Å²) in [5.74, 6) is 0. The topological polar surface area (TPSA) is 54.5 Å². The largest absolute Gasteiger partial charge is 0.279 e. The summed E-state index contributed by atoms with van der Waals surface area (Å²) >= 11 is 11.5. The minimum absolute atomic E-state index is 0.0410. The number of rotatable bonds is 5. The van der Waals surface area contributed by atoms with Crippen molar-refractivity contribution >= 4 is 44.2 Å². The van der Waals surface area contributed by atoms with Crippen molar-refractivity contribution in [1.29, 1.82) is 0 Å². The van der Waals surface area contributed by atoms with E-state index in [0.29, 0.717) is 10.7 Å². The molecule has 2 rings (SSSR count). The van der Waals surface area contributed by atoms with Gasteiger partial charge in [0.05, 0.1) is 10.6 Å². The highest BCUT2D eigenvalue weighted by molar-refractivity contribution is 7.93. The molecule has 0 amide bonds. The zero-order chi connectivity index (χ0) is 18.1. The number of hydrogen-bond donors (Lipinski definition) is 0. The number of aryl methyl sites for hydroxylation is 2. The lowest BCUT2D eigenvalue weighted by atomic mass is 10.1. The maximum absolute atomic E-state index is 13.2. The number of anilines is 1. The molecule has 0 saturated heterocycles. The van der Waals surface area contributed by atoms with Crippen LogP contribution in [0.15, 0.2) is 47.4 Å². The Morgan fingerprint density at radius 1 is 1.04 bits per heavy atom. The van der Waals surface area contributed by atoms with Crippen molar-refractivity contribution in [2.75, 3.05) is 4.31 Å². The predicted octanol–water partition coefficient (Wildman–Crippen LogP) is 4.31. The van der Waals surface area contributed by atoms with E-state index in [9.17, 15) is 13.2 Å². The lowest BCUT2D eigenvalue weighted by molar-refractivity contribution is -0.112. The monoisotopic (exact) mass is 385 g/mol. The molecule has 0 spiro atoms. The zero-order valence-corrected chi connectivity index (χ0v) is 15.8. The van der Waals surface area contributed by atoms with E-state index >= 15 is 0 Å². The minimum atomic E-state index is -3.99. The number of nitrogens with zero attached hydrogens (tertiary/aromatic N) is 1. The van der Waals surface area contributed by atoms with Crippen molar-refractivity contribution in [3.8, 4) is 0 Å². The maximum atomic E-state index is 13.2. The van der Waals surface area contributed by atoms with Gasteiger partial charge < -0.3 is 0 Å². The van der Waals surface area contributed by atoms with Crippen LogP contribution in [0.25, 0.3) is 0 Å². The Morgan fingerprint density at radius 2 is 1.54 bits per heavy atom. The predicted molar refractivity (Wildman–Crippen MR) is 97.4 cm³/mol. The SMILES string of the molecule is Cc1cccc(C)c1N(C(C)C(=O)Cl)S(=O)(=O)c1ccc(Cl)cc1. The van der Waals surface area contributed by atoms with Crippen LogP contribution in [0.4, 0.5) is 5.69 Å². The van der Waals surface area contributed by atoms with Crippen molar-refractivity contribution in [2.24, 2.45) is 0 Å². The molecule has 0 aliphatic rings. The molecule has 0 bridgehead atoms. The van der Waals surface area contributed by atoms with Crippen LogP contribution in [-0.4, -0.2) is 19.7 Å². The van der Waals surface area contributed by atoms with E-state index < -0.39 is 21.3 Å². The number of benzene rings is 2. The molecule has 0 aromatic heterocycles. The fourth-order valence-electron chi connectivity index (χ4n) is 2.49. The molecule has 2 aromatic rings. The summed E-state index contributed by atoms with van der Waals surface area (Å²) in [7, 11) is -3.99. The van der Waals surface area contributed by atoms with Crippen molar-refractivity contribution in [3.05, 3.63) is 58.6 Å². The van der Waals surface area contributed by atoms with Gasteiger partial charge in [-0.25, -0.2) is 8.42 Å². The van der Waals surface area contributed by atoms with Crippen LogP contribution in [0.5, 0.6) is 0 Å². The second kappa shape index (κ2) is 7.13. The average Bonchev–Trinajstić information content (AvgIpc) is 2.50. The lowest BCUT2D eigenvalue weighted by Crippen LogP contribution is -2.42. The van der Waals surface area contributed by atoms with Crippen LogP contribution in [0, 0.1) is 13.8 Å². The number of halogens is 2. The summed E-state index contributed by atoms with van der Waals surface area (Å²) in [6.07, 6.45) is 0. The molecule has 0 radical (unpaired) electrons. The molecule has 2 aromatic carbocycles. The summed E-state index contributed by atoms with van der Waals surface area (Å²) in [5, 5.41) is -0.329. The van der Waals surface area contributed by atoms with Crippen LogP contribution in [0.2, 0.25) is 5.02 Å². The highest BCUT2D eigenvalue weighted by atomic mass is 35.5. The van der Waals surface area contributed by atoms with Gasteiger partial charge in [0.15, 0.2) is 0 Å². The van der Waals surface area contributed by atoms with Gasteiger partial charge in [0.25, 0.3) is 10.0 Å². The highest BCUT2D eigenvalue weighted by Crippen LogP contribution is 2.32. The number of sulfonamides is 1. The first-order chi connectivity index (χ1) is 11.2. The quantitative estimate of drug-likeness (QED) is 0.720. The van der Waals surface area contributed by atoms with Crippen LogP contribution >= 0.6 is 23.2 Å². The molecule has 0 aliphatic heterocycles. The number of hydrogen-bond acceptors (Lipinski definition) is 3. The first-order valence-electron chi connectivity index (χ1n) is 7.22. The summed E-state index contributed by atoms with van der Waals surface area (Å²) in [4.78, 5) is 11.8. The number of carbonyl (C=O) groups excluding carboxylic acids is 1. The van der Waals surface area contributed by atoms with E-state index in [0.717, 1.165) is 15.4 Å². The van der Waals surface area contributed by atoms with Gasteiger partial charge in [0, 0.05) is 5.02 Å². The summed E-state index contributed by atoms with van der Waals surface area (Å²) in [6.45, 7) is 5.05. The summed E-state index contributed by atoms with van der Waals surface area (Å²) in [5.41, 5.74) is 1.92. The lowest BCUT2D eigenvalue weighted by Gasteiger charge is -2.31. The average molecular weight is 386 g/mol. The Balaban J connectivity index is 2.71. The Labute approximate surface area is 152 Å². The third-order valence-corrected chi connectivity index (χ3v) is 6.16. The molecule has 128 valence electrons. The van der Waals surface area contributed by atoms with Crippen LogP contribution in [0.3, 0.4) is 0 Å². The van der Waals surface area contributed by atoms with Gasteiger partial charge >= 0.3 is 0 Å². The van der Waals surface area contributed by atoms with Crippen molar-refractivity contribution < 1.29 is 13.2 Å². The second-order valence-electron chi connectivity index (χ2n) is 5.48. The molecule has 0 aliphatic carbocycles. The molecule has 0 heterocycles. The molecule has 1 unspecified atom stereocenters. The molecule has 1 atom stereocenters. The van der Waals surface area contributed by atoms with E-state index in [2.05, 4.69) is 0 Å². The van der Waals surface area contributed by atoms with Gasteiger partial charge in [-0.2, -0.15) is 0 Å². The maximum Gasteiger partial charge on any atom is 0.265 e. The minimum Gasteiger partial charge on any atom is -0.279 e. The van der Waals surface area contributed by atoms with E-state index in [1.807, 2.05) is 6.07 Å². The summed E-state index contributed by atoms with van der Waals surface area (Å²) < 4.78 is 27.4. The van der Waals surface area contributed by atoms with Gasteiger partial charge in [-0.3, -0.25) is 9.10 Å². The van der Waals surface area contributed by atoms with Crippen LogP contribution < -0.4 is 4.31 Å². The fraction of sp³-hybridized carbons (Fsp3) is 0.235. The van der Waals surface area contributed by atoms with Gasteiger partial charge in [-0.05, 0) is 67.8 Å². The first-order valence-corrected chi connectivity index (χ1v) is 9.41. The number of para-hydroxylation sites is 1. The van der Waals surface area contributed by atoms with Crippen LogP contribution in [0.1, 0.15) is 18.1 Å². The van der Waals surface area contributed by atoms with E-state index in [1.54, 1.807) is 26.0 Å². The molecular weight excluding hydrogens is 369 g/mol. The van der Waals surface area contributed by atoms with E-state index in [-0.39, 0.29) is 4.90 Å². The zero-order valence-electron chi connectivity index (χ0n) is 13.5. The van der Waals surface area contributed by atoms with Crippen molar-refractivity contribution in [3.63, 3.8) is 0 Å². The normalized spacial score (nSPS) is 12.7. The smallest absolute Gasteiger partial charge is 0.265 e. The van der Waals surface area contributed by atoms with E-state index in [1.165, 1.54) is 31.2 Å². The molecule has 0 N–H and O–H groups in total.